The zero-order valence-electron chi connectivity index (χ0n) is 42.5. The molecule has 0 unspecified atom stereocenters. The van der Waals surface area contributed by atoms with Gasteiger partial charge in [0.1, 0.15) is 23.0 Å². The number of ether oxygens (including phenoxy) is 4. The summed E-state index contributed by atoms with van der Waals surface area (Å²) in [6, 6.07) is 86.9. The van der Waals surface area contributed by atoms with E-state index in [9.17, 15) is 0 Å². The summed E-state index contributed by atoms with van der Waals surface area (Å²) in [6.07, 6.45) is 0. The van der Waals surface area contributed by atoms with E-state index >= 15 is 0 Å². The van der Waals surface area contributed by atoms with Gasteiger partial charge in [0, 0.05) is 66.9 Å². The number of methoxy groups -OCH3 is 4. The van der Waals surface area contributed by atoms with Gasteiger partial charge < -0.3 is 37.2 Å². The Hall–Kier alpha value is -9.92. The van der Waals surface area contributed by atoms with Crippen LogP contribution >= 0.6 is 0 Å². The molecule has 0 N–H and O–H groups in total. The predicted octanol–water partition coefficient (Wildman–Crippen LogP) is 16.9. The predicted molar refractivity (Wildman–Crippen MR) is 314 cm³/mol. The van der Waals surface area contributed by atoms with Crippen LogP contribution in [0.5, 0.6) is 23.0 Å². The van der Waals surface area contributed by atoms with Gasteiger partial charge in [-0.2, -0.15) is 0 Å². The van der Waals surface area contributed by atoms with E-state index in [0.29, 0.717) is 0 Å². The number of rotatable bonds is 8. The van der Waals surface area contributed by atoms with Crippen LogP contribution in [0.25, 0.3) is 110 Å². The summed E-state index contributed by atoms with van der Waals surface area (Å²) in [5.74, 6) is 3.19. The number of benzene rings is 12. The second-order valence-electron chi connectivity index (χ2n) is 19.0. The summed E-state index contributed by atoms with van der Waals surface area (Å²) in [6.45, 7) is 0. The van der Waals surface area contributed by atoms with Crippen molar-refractivity contribution in [3.8, 4) is 45.7 Å². The van der Waals surface area contributed by atoms with Crippen molar-refractivity contribution in [3.05, 3.63) is 243 Å². The highest BCUT2D eigenvalue weighted by molar-refractivity contribution is 6.03. The highest BCUT2D eigenvalue weighted by Crippen LogP contribution is 2.33. The van der Waals surface area contributed by atoms with E-state index in [0.717, 1.165) is 133 Å². The minimum atomic E-state index is 0.797. The summed E-state index contributed by atoms with van der Waals surface area (Å²) in [5.41, 5.74) is 12.2. The molecule has 0 saturated heterocycles. The normalized spacial score (nSPS) is 11.4. The highest BCUT2D eigenvalue weighted by atomic mass is 16.5. The second-order valence-corrected chi connectivity index (χ2v) is 19.0. The van der Waals surface area contributed by atoms with Gasteiger partial charge in [-0.05, 0) is 261 Å². The monoisotopic (exact) mass is 988 g/mol. The number of aromatic nitrogens is 4. The maximum Gasteiger partial charge on any atom is 0.119 e. The average molecular weight is 989 g/mol. The topological polar surface area (TPSA) is 56.6 Å². The van der Waals surface area contributed by atoms with Crippen molar-refractivity contribution in [2.75, 3.05) is 28.4 Å². The lowest BCUT2D eigenvalue weighted by Crippen LogP contribution is -1.99. The summed E-state index contributed by atoms with van der Waals surface area (Å²) >= 11 is 0. The fourth-order valence-corrected chi connectivity index (χ4v) is 10.7. The van der Waals surface area contributed by atoms with E-state index < -0.39 is 0 Å². The van der Waals surface area contributed by atoms with Crippen LogP contribution in [0.4, 0.5) is 0 Å². The zero-order chi connectivity index (χ0) is 51.3. The molecule has 4 heterocycles. The first-order chi connectivity index (χ1) is 37.4. The van der Waals surface area contributed by atoms with E-state index in [1.807, 2.05) is 48.5 Å². The molecule has 0 aliphatic heterocycles. The van der Waals surface area contributed by atoms with Gasteiger partial charge in [-0.3, -0.25) is 0 Å². The molecule has 0 aliphatic rings. The van der Waals surface area contributed by atoms with Crippen molar-refractivity contribution < 1.29 is 18.9 Å². The van der Waals surface area contributed by atoms with Crippen LogP contribution in [0.1, 0.15) is 0 Å². The third kappa shape index (κ3) is 8.41. The van der Waals surface area contributed by atoms with E-state index in [2.05, 4.69) is 212 Å². The van der Waals surface area contributed by atoms with Crippen LogP contribution in [0, 0.1) is 0 Å². The quantitative estimate of drug-likeness (QED) is 0.142. The van der Waals surface area contributed by atoms with Gasteiger partial charge in [-0.1, -0.05) is 24.3 Å². The van der Waals surface area contributed by atoms with Crippen LogP contribution < -0.4 is 18.9 Å². The molecule has 8 heteroatoms. The van der Waals surface area contributed by atoms with E-state index in [1.165, 1.54) is 0 Å². The van der Waals surface area contributed by atoms with Gasteiger partial charge in [0.25, 0.3) is 0 Å². The molecule has 4 aromatic heterocycles. The van der Waals surface area contributed by atoms with Crippen molar-refractivity contribution in [1.82, 2.24) is 18.3 Å². The molecule has 16 aromatic rings. The molecule has 0 aliphatic carbocycles. The molecule has 0 atom stereocenters. The average Bonchev–Trinajstić information content (AvgIpc) is 3.49. The fourth-order valence-electron chi connectivity index (χ4n) is 10.7. The standard InChI is InChI=1S/C68H52N4O4/c1-73-65-29-21-57(22-30-65)69-53-13-15-54(16-14-53)70(58-23-31-66(74-2)32-24-58)62-10-7-47-38-48-8-12-64(44-52(48)40-51(47)43-62)72(60-27-35-68(76-4)36-28-60)56-19-17-55(18-20-56)71(59-25-33-67(75-3)34-26-59)63-11-6-46-37-45-5-9-61(69)41-49(45)39-50(46)42-63/h5-44H,1-4H3. The molecule has 0 saturated carbocycles. The Morgan fingerprint density at radius 1 is 0.184 bits per heavy atom. The number of hydrogen-bond donors (Lipinski definition) is 0. The lowest BCUT2D eigenvalue weighted by Gasteiger charge is -2.16. The molecule has 12 aromatic carbocycles. The Morgan fingerprint density at radius 2 is 0.368 bits per heavy atom. The van der Waals surface area contributed by atoms with Crippen LogP contribution in [-0.2, 0) is 0 Å². The van der Waals surface area contributed by atoms with Gasteiger partial charge in [0.2, 0.25) is 0 Å². The van der Waals surface area contributed by atoms with E-state index in [-0.39, 0.29) is 0 Å². The first kappa shape index (κ1) is 45.9. The van der Waals surface area contributed by atoms with Crippen molar-refractivity contribution in [3.63, 3.8) is 0 Å². The summed E-state index contributed by atoms with van der Waals surface area (Å²) < 4.78 is 31.8. The minimum Gasteiger partial charge on any atom is -0.497 e. The first-order valence-corrected chi connectivity index (χ1v) is 25.3. The Balaban J connectivity index is 1.16. The van der Waals surface area contributed by atoms with Crippen LogP contribution in [-0.4, -0.2) is 46.7 Å². The summed E-state index contributed by atoms with van der Waals surface area (Å²) in [7, 11) is 6.81. The van der Waals surface area contributed by atoms with Gasteiger partial charge in [0.15, 0.2) is 0 Å². The molecule has 12 bridgehead atoms. The molecule has 0 amide bonds. The molecular weight excluding hydrogens is 937 g/mol. The largest absolute Gasteiger partial charge is 0.497 e. The Bertz CT molecular complexity index is 3930. The second kappa shape index (κ2) is 19.2. The van der Waals surface area contributed by atoms with Crippen molar-refractivity contribution in [1.29, 1.82) is 0 Å². The van der Waals surface area contributed by atoms with Crippen molar-refractivity contribution in [2.24, 2.45) is 0 Å². The third-order valence-corrected chi connectivity index (χ3v) is 14.6. The lowest BCUT2D eigenvalue weighted by molar-refractivity contribution is 0.414. The Morgan fingerprint density at radius 3 is 0.566 bits per heavy atom. The maximum absolute atomic E-state index is 5.63. The molecule has 16 rings (SSSR count). The van der Waals surface area contributed by atoms with Crippen LogP contribution in [0.3, 0.4) is 0 Å². The maximum atomic E-state index is 5.63. The Labute approximate surface area is 439 Å². The fraction of sp³-hybridized carbons (Fsp3) is 0.0588. The zero-order valence-corrected chi connectivity index (χ0v) is 42.5. The van der Waals surface area contributed by atoms with Gasteiger partial charge in [-0.25, -0.2) is 0 Å². The van der Waals surface area contributed by atoms with Crippen molar-refractivity contribution in [2.45, 2.75) is 0 Å². The SMILES string of the molecule is COc1ccc(-n2c3ccc(cc3)n(-c3ccc(OC)cc3)c3ccc4cc5ccc(cc5cc4c3)n(-c3ccc(OC)cc3)c3ccc(cc3)n(-c3ccc(OC)cc3)c3ccc4cc5ccc2cc5cc4c3)cc1. The lowest BCUT2D eigenvalue weighted by atomic mass is 10.0. The smallest absolute Gasteiger partial charge is 0.119 e. The molecule has 8 nitrogen and oxygen atoms in total. The Kier molecular flexibility index (Phi) is 11.6. The van der Waals surface area contributed by atoms with Gasteiger partial charge >= 0.3 is 0 Å². The molecule has 0 fully saturated rings. The molecule has 368 valence electrons. The van der Waals surface area contributed by atoms with Crippen LogP contribution in [0.2, 0.25) is 0 Å². The molecular formula is C68H52N4O4. The molecule has 76 heavy (non-hydrogen) atoms. The summed E-state index contributed by atoms with van der Waals surface area (Å²) in [4.78, 5) is 0. The molecule has 0 spiro atoms. The first-order valence-electron chi connectivity index (χ1n) is 25.3. The summed E-state index contributed by atoms with van der Waals surface area (Å²) in [5, 5.41) is 9.13. The van der Waals surface area contributed by atoms with Crippen LogP contribution in [0.15, 0.2) is 243 Å². The highest BCUT2D eigenvalue weighted by Gasteiger charge is 2.11. The van der Waals surface area contributed by atoms with Crippen molar-refractivity contribution >= 4 is 87.2 Å². The van der Waals surface area contributed by atoms with Gasteiger partial charge in [0.05, 0.1) is 28.4 Å². The number of nitrogens with zero attached hydrogens (tertiary/aromatic N) is 4. The van der Waals surface area contributed by atoms with E-state index in [1.54, 1.807) is 28.4 Å². The molecule has 0 radical (unpaired) electrons. The third-order valence-electron chi connectivity index (χ3n) is 14.6. The minimum absolute atomic E-state index is 0.797. The van der Waals surface area contributed by atoms with E-state index in [4.69, 9.17) is 18.9 Å². The number of hydrogen-bond acceptors (Lipinski definition) is 4. The van der Waals surface area contributed by atoms with Gasteiger partial charge in [-0.15, -0.1) is 0 Å².